The van der Waals surface area contributed by atoms with Gasteiger partial charge in [-0.1, -0.05) is 18.6 Å². The predicted molar refractivity (Wildman–Crippen MR) is 104 cm³/mol. The van der Waals surface area contributed by atoms with Crippen LogP contribution in [0.1, 0.15) is 71.1 Å². The Labute approximate surface area is 175 Å². The molecular weight excluding hydrogens is 393 g/mol. The minimum atomic E-state index is -2.30. The number of allylic oxidation sites excluding steroid dienone is 2. The second kappa shape index (κ2) is 5.93. The highest BCUT2D eigenvalue weighted by atomic mass is 19.3. The molecule has 0 aromatic rings. The Kier molecular flexibility index (Phi) is 3.92. The normalized spacial score (nSPS) is 50.2. The summed E-state index contributed by atoms with van der Waals surface area (Å²) >= 11 is 0. The predicted octanol–water partition coefficient (Wildman–Crippen LogP) is 5.65. The number of aliphatic hydroxyl groups is 1. The molecule has 1 aliphatic heterocycles. The maximum absolute atomic E-state index is 13.8. The number of halogens is 3. The van der Waals surface area contributed by atoms with Gasteiger partial charge in [0.05, 0.1) is 18.8 Å². The van der Waals surface area contributed by atoms with Gasteiger partial charge in [-0.15, -0.1) is 0 Å². The SMILES string of the molecule is C[C@]12CC=C3C(CC[C@@]45CC6(CC[C@@]34C5)OCCO6)C1CC[C@@]2(O)CC(F)=C(F)F. The fourth-order valence-corrected chi connectivity index (χ4v) is 8.81. The summed E-state index contributed by atoms with van der Waals surface area (Å²) in [5.41, 5.74) is 0.139. The Balaban J connectivity index is 1.31. The van der Waals surface area contributed by atoms with E-state index in [1.807, 2.05) is 6.92 Å². The molecular formula is C24H31F3O3. The van der Waals surface area contributed by atoms with Crippen LogP contribution in [0.4, 0.5) is 13.2 Å². The fraction of sp³-hybridized carbons (Fsp3) is 0.833. The summed E-state index contributed by atoms with van der Waals surface area (Å²) < 4.78 is 51.5. The van der Waals surface area contributed by atoms with E-state index >= 15 is 0 Å². The molecule has 0 bridgehead atoms. The molecule has 6 heteroatoms. The zero-order valence-corrected chi connectivity index (χ0v) is 17.6. The Hall–Kier alpha value is -0.850. The molecule has 6 aliphatic rings. The van der Waals surface area contributed by atoms with E-state index in [0.29, 0.717) is 32.0 Å². The molecule has 6 rings (SSSR count). The molecule has 1 spiro atoms. The summed E-state index contributed by atoms with van der Waals surface area (Å²) in [5, 5.41) is 11.3. The number of fused-ring (bicyclic) bond motifs is 3. The molecule has 5 fully saturated rings. The summed E-state index contributed by atoms with van der Waals surface area (Å²) in [6, 6.07) is 0. The van der Waals surface area contributed by atoms with Crippen LogP contribution < -0.4 is 0 Å². The third-order valence-corrected chi connectivity index (χ3v) is 10.4. The average Bonchev–Trinajstić information content (AvgIpc) is 3.05. The summed E-state index contributed by atoms with van der Waals surface area (Å²) in [5.74, 6) is -1.20. The Bertz CT molecular complexity index is 845. The first-order chi connectivity index (χ1) is 14.2. The van der Waals surface area contributed by atoms with Gasteiger partial charge in [-0.2, -0.15) is 8.78 Å². The lowest BCUT2D eigenvalue weighted by atomic mass is 9.52. The van der Waals surface area contributed by atoms with Gasteiger partial charge >= 0.3 is 6.08 Å². The second-order valence-electron chi connectivity index (χ2n) is 11.3. The van der Waals surface area contributed by atoms with Gasteiger partial charge in [-0.25, -0.2) is 4.39 Å². The summed E-state index contributed by atoms with van der Waals surface area (Å²) in [4.78, 5) is 0. The highest BCUT2D eigenvalue weighted by Gasteiger charge is 2.77. The third-order valence-electron chi connectivity index (χ3n) is 10.4. The summed E-state index contributed by atoms with van der Waals surface area (Å²) in [7, 11) is 0. The van der Waals surface area contributed by atoms with Gasteiger partial charge in [0, 0.05) is 24.7 Å². The maximum Gasteiger partial charge on any atom is 0.301 e. The molecule has 1 saturated heterocycles. The van der Waals surface area contributed by atoms with E-state index in [9.17, 15) is 18.3 Å². The fourth-order valence-electron chi connectivity index (χ4n) is 8.81. The number of rotatable bonds is 2. The maximum atomic E-state index is 13.8. The van der Waals surface area contributed by atoms with Crippen molar-refractivity contribution in [2.75, 3.05) is 13.2 Å². The molecule has 2 unspecified atom stereocenters. The van der Waals surface area contributed by atoms with E-state index in [4.69, 9.17) is 9.47 Å². The van der Waals surface area contributed by atoms with Gasteiger partial charge in [-0.05, 0) is 67.6 Å². The van der Waals surface area contributed by atoms with Gasteiger partial charge in [-0.3, -0.25) is 0 Å². The minimum Gasteiger partial charge on any atom is -0.389 e. The molecule has 6 atom stereocenters. The first-order valence-electron chi connectivity index (χ1n) is 11.6. The molecule has 3 nitrogen and oxygen atoms in total. The van der Waals surface area contributed by atoms with Crippen molar-refractivity contribution in [1.82, 2.24) is 0 Å². The quantitative estimate of drug-likeness (QED) is 0.583. The number of hydrogen-bond acceptors (Lipinski definition) is 3. The number of hydrogen-bond donors (Lipinski definition) is 1. The molecule has 0 amide bonds. The highest BCUT2D eigenvalue weighted by Crippen LogP contribution is 2.83. The molecule has 166 valence electrons. The summed E-state index contributed by atoms with van der Waals surface area (Å²) in [6.45, 7) is 3.39. The van der Waals surface area contributed by atoms with Crippen LogP contribution in [0.25, 0.3) is 0 Å². The van der Waals surface area contributed by atoms with Crippen LogP contribution in [0.2, 0.25) is 0 Å². The van der Waals surface area contributed by atoms with Crippen molar-refractivity contribution in [1.29, 1.82) is 0 Å². The Morgan fingerprint density at radius 2 is 1.83 bits per heavy atom. The Morgan fingerprint density at radius 1 is 1.07 bits per heavy atom. The molecule has 5 aliphatic carbocycles. The van der Waals surface area contributed by atoms with Crippen molar-refractivity contribution in [3.8, 4) is 0 Å². The van der Waals surface area contributed by atoms with E-state index in [0.717, 1.165) is 38.5 Å². The van der Waals surface area contributed by atoms with Crippen molar-refractivity contribution in [3.63, 3.8) is 0 Å². The lowest BCUT2D eigenvalue weighted by Crippen LogP contribution is -2.51. The summed E-state index contributed by atoms with van der Waals surface area (Å²) in [6.07, 6.45) is 7.72. The van der Waals surface area contributed by atoms with Crippen LogP contribution in [-0.2, 0) is 9.47 Å². The molecule has 1 N–H and O–H groups in total. The smallest absolute Gasteiger partial charge is 0.301 e. The second-order valence-corrected chi connectivity index (χ2v) is 11.3. The number of ether oxygens (including phenoxy) is 2. The van der Waals surface area contributed by atoms with Crippen LogP contribution >= 0.6 is 0 Å². The van der Waals surface area contributed by atoms with Crippen molar-refractivity contribution in [2.45, 2.75) is 82.5 Å². The lowest BCUT2D eigenvalue weighted by molar-refractivity contribution is -0.197. The van der Waals surface area contributed by atoms with E-state index in [-0.39, 0.29) is 22.5 Å². The van der Waals surface area contributed by atoms with Gasteiger partial charge < -0.3 is 14.6 Å². The van der Waals surface area contributed by atoms with Gasteiger partial charge in [0.15, 0.2) is 11.6 Å². The largest absolute Gasteiger partial charge is 0.389 e. The zero-order chi connectivity index (χ0) is 21.0. The standard InChI is InChI=1S/C24H31F3O3/c1-20-5-3-17-15(16(20)4-7-23(20,28)12-18(25)19(26)27)2-6-21-13-22(17,21)8-9-24(14-21)29-10-11-30-24/h3,15-16,28H,2,4-14H2,1H3/t15?,16?,20-,21+,22+,23+/m0/s1. The van der Waals surface area contributed by atoms with E-state index in [1.165, 1.54) is 6.42 Å². The van der Waals surface area contributed by atoms with Gasteiger partial charge in [0.25, 0.3) is 0 Å². The lowest BCUT2D eigenvalue weighted by Gasteiger charge is -2.54. The molecule has 30 heavy (non-hydrogen) atoms. The van der Waals surface area contributed by atoms with Crippen LogP contribution in [-0.4, -0.2) is 29.7 Å². The van der Waals surface area contributed by atoms with Crippen LogP contribution in [0.15, 0.2) is 23.6 Å². The van der Waals surface area contributed by atoms with Crippen LogP contribution in [0, 0.1) is 28.1 Å². The first kappa shape index (κ1) is 19.8. The topological polar surface area (TPSA) is 38.7 Å². The van der Waals surface area contributed by atoms with Crippen molar-refractivity contribution >= 4 is 0 Å². The van der Waals surface area contributed by atoms with Gasteiger partial charge in [0.2, 0.25) is 0 Å². The zero-order valence-electron chi connectivity index (χ0n) is 17.6. The Morgan fingerprint density at radius 3 is 2.57 bits per heavy atom. The van der Waals surface area contributed by atoms with Crippen molar-refractivity contribution < 1.29 is 27.8 Å². The third kappa shape index (κ3) is 2.28. The van der Waals surface area contributed by atoms with E-state index < -0.39 is 29.3 Å². The van der Waals surface area contributed by atoms with Crippen LogP contribution in [0.3, 0.4) is 0 Å². The molecule has 4 saturated carbocycles. The monoisotopic (exact) mass is 424 g/mol. The van der Waals surface area contributed by atoms with Gasteiger partial charge in [0.1, 0.15) is 0 Å². The van der Waals surface area contributed by atoms with E-state index in [2.05, 4.69) is 6.08 Å². The minimum absolute atomic E-state index is 0.237. The molecule has 0 aromatic carbocycles. The average molecular weight is 425 g/mol. The van der Waals surface area contributed by atoms with Crippen LogP contribution in [0.5, 0.6) is 0 Å². The molecule has 0 radical (unpaired) electrons. The molecule has 0 aromatic heterocycles. The van der Waals surface area contributed by atoms with Crippen molar-refractivity contribution in [3.05, 3.63) is 23.6 Å². The first-order valence-corrected chi connectivity index (χ1v) is 11.6. The van der Waals surface area contributed by atoms with Crippen molar-refractivity contribution in [2.24, 2.45) is 28.1 Å². The van der Waals surface area contributed by atoms with E-state index in [1.54, 1.807) is 5.57 Å². The highest BCUT2D eigenvalue weighted by molar-refractivity contribution is 5.41. The molecule has 1 heterocycles.